The number of hydrogen-bond acceptors (Lipinski definition) is 4. The maximum Gasteiger partial charge on any atom is 0.218 e. The van der Waals surface area contributed by atoms with Crippen LogP contribution in [0, 0.1) is 0 Å². The molecule has 0 saturated heterocycles. The van der Waals surface area contributed by atoms with Crippen molar-refractivity contribution >= 4 is 23.0 Å². The average molecular weight is 315 g/mol. The second-order valence-electron chi connectivity index (χ2n) is 5.75. The Kier molecular flexibility index (Phi) is 4.98. The Morgan fingerprint density at radius 2 is 1.74 bits per heavy atom. The molecule has 0 bridgehead atoms. The number of amides is 1. The molecule has 0 atom stereocenters. The van der Waals surface area contributed by atoms with Crippen LogP contribution in [0.5, 0.6) is 5.75 Å². The molecule has 1 aliphatic carbocycles. The predicted molar refractivity (Wildman–Crippen MR) is 87.1 cm³/mol. The highest BCUT2D eigenvalue weighted by Gasteiger charge is 2.49. The normalized spacial score (nSPS) is 17.3. The molecule has 5 heteroatoms. The van der Waals surface area contributed by atoms with Crippen molar-refractivity contribution in [3.8, 4) is 5.75 Å². The largest absolute Gasteiger partial charge is 0.497 e. The number of ether oxygens (including phenoxy) is 1. The van der Waals surface area contributed by atoms with Crippen LogP contribution in [0.15, 0.2) is 30.3 Å². The smallest absolute Gasteiger partial charge is 0.218 e. The molecule has 1 amide bonds. The first kappa shape index (κ1) is 16.9. The number of carbonyl (C=O) groups excluding carboxylic acids is 3. The lowest BCUT2D eigenvalue weighted by atomic mass is 9.89. The minimum absolute atomic E-state index is 0.183. The van der Waals surface area contributed by atoms with Crippen LogP contribution in [0.1, 0.15) is 38.7 Å². The van der Waals surface area contributed by atoms with Gasteiger partial charge in [0.2, 0.25) is 5.91 Å². The molecule has 2 rings (SSSR count). The van der Waals surface area contributed by atoms with Gasteiger partial charge in [0, 0.05) is 26.2 Å². The van der Waals surface area contributed by atoms with Crippen molar-refractivity contribution in [2.24, 2.45) is 0 Å². The quantitative estimate of drug-likeness (QED) is 0.846. The first-order valence-electron chi connectivity index (χ1n) is 7.55. The fourth-order valence-corrected chi connectivity index (χ4v) is 2.81. The summed E-state index contributed by atoms with van der Waals surface area (Å²) in [5, 5.41) is 2.58. The number of allylic oxidation sites excluding steroid dienone is 1. The van der Waals surface area contributed by atoms with Gasteiger partial charge in [0.25, 0.3) is 0 Å². The minimum Gasteiger partial charge on any atom is -0.497 e. The Hall–Kier alpha value is -2.43. The Bertz CT molecular complexity index is 642. The maximum atomic E-state index is 12.2. The summed E-state index contributed by atoms with van der Waals surface area (Å²) in [6.45, 7) is 3.23. The van der Waals surface area contributed by atoms with Gasteiger partial charge in [-0.3, -0.25) is 14.4 Å². The Morgan fingerprint density at radius 3 is 2.22 bits per heavy atom. The molecule has 1 aliphatic rings. The van der Waals surface area contributed by atoms with E-state index in [2.05, 4.69) is 5.32 Å². The molecule has 0 radical (unpaired) electrons. The molecule has 0 aliphatic heterocycles. The minimum atomic E-state index is -1.39. The van der Waals surface area contributed by atoms with E-state index in [4.69, 9.17) is 4.74 Å². The number of carbonyl (C=O) groups is 3. The highest BCUT2D eigenvalue weighted by molar-refractivity contribution is 6.19. The van der Waals surface area contributed by atoms with E-state index in [-0.39, 0.29) is 36.7 Å². The van der Waals surface area contributed by atoms with Gasteiger partial charge in [-0.2, -0.15) is 0 Å². The van der Waals surface area contributed by atoms with E-state index in [0.29, 0.717) is 0 Å². The van der Waals surface area contributed by atoms with E-state index in [1.165, 1.54) is 6.92 Å². The second kappa shape index (κ2) is 6.77. The molecule has 1 aromatic rings. The molecule has 23 heavy (non-hydrogen) atoms. The molecule has 0 aromatic heterocycles. The summed E-state index contributed by atoms with van der Waals surface area (Å²) in [6.07, 6.45) is 2.39. The van der Waals surface area contributed by atoms with Crippen molar-refractivity contribution in [1.29, 1.82) is 0 Å². The van der Waals surface area contributed by atoms with Crippen LogP contribution >= 0.6 is 0 Å². The standard InChI is InChI=1S/C18H21NO4/c1-12(14-4-6-15(23-3)7-5-14)10-11-18(19-13(2)20)16(21)8-9-17(18)22/h4-7,10H,8-9,11H2,1-3H3,(H,19,20)/b12-10+. The van der Waals surface area contributed by atoms with Crippen LogP contribution in [0.25, 0.3) is 5.57 Å². The van der Waals surface area contributed by atoms with E-state index < -0.39 is 5.54 Å². The van der Waals surface area contributed by atoms with Gasteiger partial charge >= 0.3 is 0 Å². The summed E-state index contributed by atoms with van der Waals surface area (Å²) in [5.41, 5.74) is 0.520. The van der Waals surface area contributed by atoms with Crippen LogP contribution in [-0.2, 0) is 14.4 Å². The van der Waals surface area contributed by atoms with E-state index in [0.717, 1.165) is 16.9 Å². The summed E-state index contributed by atoms with van der Waals surface area (Å²) in [4.78, 5) is 35.8. The van der Waals surface area contributed by atoms with Crippen LogP contribution in [0.3, 0.4) is 0 Å². The second-order valence-corrected chi connectivity index (χ2v) is 5.75. The lowest BCUT2D eigenvalue weighted by Gasteiger charge is -2.25. The molecule has 1 N–H and O–H groups in total. The number of benzene rings is 1. The summed E-state index contributed by atoms with van der Waals surface area (Å²) < 4.78 is 5.12. The summed E-state index contributed by atoms with van der Waals surface area (Å²) in [5.74, 6) is -0.0329. The van der Waals surface area contributed by atoms with Crippen LogP contribution < -0.4 is 10.1 Å². The first-order chi connectivity index (χ1) is 10.9. The number of methoxy groups -OCH3 is 1. The third kappa shape index (κ3) is 3.50. The third-order valence-corrected chi connectivity index (χ3v) is 4.18. The van der Waals surface area contributed by atoms with Gasteiger partial charge in [-0.1, -0.05) is 18.2 Å². The Balaban J connectivity index is 2.24. The molecule has 1 saturated carbocycles. The molecule has 1 fully saturated rings. The van der Waals surface area contributed by atoms with Gasteiger partial charge in [-0.25, -0.2) is 0 Å². The highest BCUT2D eigenvalue weighted by atomic mass is 16.5. The van der Waals surface area contributed by atoms with Gasteiger partial charge in [0.1, 0.15) is 5.75 Å². The topological polar surface area (TPSA) is 72.5 Å². The number of Topliss-reactive ketones (excluding diaryl/α,β-unsaturated/α-hetero) is 2. The van der Waals surface area contributed by atoms with E-state index in [9.17, 15) is 14.4 Å². The Morgan fingerprint density at radius 1 is 1.17 bits per heavy atom. The highest BCUT2D eigenvalue weighted by Crippen LogP contribution is 2.28. The van der Waals surface area contributed by atoms with E-state index >= 15 is 0 Å². The zero-order valence-corrected chi connectivity index (χ0v) is 13.6. The van der Waals surface area contributed by atoms with Crippen molar-refractivity contribution in [3.63, 3.8) is 0 Å². The number of nitrogens with one attached hydrogen (secondary N) is 1. The van der Waals surface area contributed by atoms with Crippen LogP contribution in [0.4, 0.5) is 0 Å². The van der Waals surface area contributed by atoms with E-state index in [1.807, 2.05) is 37.3 Å². The van der Waals surface area contributed by atoms with Gasteiger partial charge in [0.05, 0.1) is 7.11 Å². The lowest BCUT2D eigenvalue weighted by Crippen LogP contribution is -2.55. The van der Waals surface area contributed by atoms with Gasteiger partial charge in [-0.15, -0.1) is 0 Å². The molecular weight excluding hydrogens is 294 g/mol. The van der Waals surface area contributed by atoms with Crippen molar-refractivity contribution in [2.45, 2.75) is 38.6 Å². The fourth-order valence-electron chi connectivity index (χ4n) is 2.81. The van der Waals surface area contributed by atoms with Crippen molar-refractivity contribution in [1.82, 2.24) is 5.32 Å². The first-order valence-corrected chi connectivity index (χ1v) is 7.55. The molecule has 122 valence electrons. The fraction of sp³-hybridized carbons (Fsp3) is 0.389. The number of ketones is 2. The summed E-state index contributed by atoms with van der Waals surface area (Å²) in [6, 6.07) is 7.52. The number of rotatable bonds is 5. The number of hydrogen-bond donors (Lipinski definition) is 1. The molecule has 1 aromatic carbocycles. The molecule has 0 unspecified atom stereocenters. The zero-order valence-electron chi connectivity index (χ0n) is 13.6. The van der Waals surface area contributed by atoms with Gasteiger partial charge in [-0.05, 0) is 30.2 Å². The van der Waals surface area contributed by atoms with E-state index in [1.54, 1.807) is 7.11 Å². The molecule has 0 heterocycles. The lowest BCUT2D eigenvalue weighted by molar-refractivity contribution is -0.135. The zero-order chi connectivity index (χ0) is 17.0. The third-order valence-electron chi connectivity index (χ3n) is 4.18. The van der Waals surface area contributed by atoms with Crippen molar-refractivity contribution < 1.29 is 19.1 Å². The Labute approximate surface area is 135 Å². The summed E-state index contributed by atoms with van der Waals surface area (Å²) >= 11 is 0. The maximum absolute atomic E-state index is 12.2. The molecular formula is C18H21NO4. The van der Waals surface area contributed by atoms with Crippen molar-refractivity contribution in [3.05, 3.63) is 35.9 Å². The predicted octanol–water partition coefficient (Wildman–Crippen LogP) is 2.30. The SMILES string of the molecule is COc1ccc(/C(C)=C/CC2(NC(C)=O)C(=O)CCC2=O)cc1. The molecule has 0 spiro atoms. The monoisotopic (exact) mass is 315 g/mol. The van der Waals surface area contributed by atoms with Gasteiger partial charge in [0.15, 0.2) is 17.1 Å². The summed E-state index contributed by atoms with van der Waals surface area (Å²) in [7, 11) is 1.60. The average Bonchev–Trinajstić information content (AvgIpc) is 2.80. The van der Waals surface area contributed by atoms with Crippen molar-refractivity contribution in [2.75, 3.05) is 7.11 Å². The molecule has 5 nitrogen and oxygen atoms in total. The van der Waals surface area contributed by atoms with Gasteiger partial charge < -0.3 is 10.1 Å². The van der Waals surface area contributed by atoms with Crippen LogP contribution in [0.2, 0.25) is 0 Å². The van der Waals surface area contributed by atoms with Crippen LogP contribution in [-0.4, -0.2) is 30.1 Å².